The predicted octanol–water partition coefficient (Wildman–Crippen LogP) is -0.782. The number of nitrogens with two attached hydrogens (primary N) is 1. The minimum Gasteiger partial charge on any atom is -0.376 e. The number of nitriles is 1. The van der Waals surface area contributed by atoms with Gasteiger partial charge in [0.25, 0.3) is 0 Å². The summed E-state index contributed by atoms with van der Waals surface area (Å²) in [5.41, 5.74) is 5.07. The van der Waals surface area contributed by atoms with E-state index in [0.29, 0.717) is 0 Å². The lowest BCUT2D eigenvalue weighted by Crippen LogP contribution is -2.29. The molecule has 0 bridgehead atoms. The standard InChI is InChI=1S/C4H8N2O/c1-3(6)4(7)2-5/h3-4,7H,6H2,1H3/t3-,4?/m0/s1. The monoisotopic (exact) mass is 100 g/mol. The second-order valence-corrected chi connectivity index (χ2v) is 1.43. The highest BCUT2D eigenvalue weighted by molar-refractivity contribution is 4.87. The van der Waals surface area contributed by atoms with Gasteiger partial charge in [-0.15, -0.1) is 0 Å². The summed E-state index contributed by atoms with van der Waals surface area (Å²) in [7, 11) is 0. The Kier molecular flexibility index (Phi) is 2.34. The van der Waals surface area contributed by atoms with E-state index >= 15 is 0 Å². The first-order valence-electron chi connectivity index (χ1n) is 2.01. The maximum Gasteiger partial charge on any atom is 0.155 e. The molecule has 0 aromatic rings. The van der Waals surface area contributed by atoms with Crippen LogP contribution >= 0.6 is 0 Å². The first-order valence-corrected chi connectivity index (χ1v) is 2.01. The van der Waals surface area contributed by atoms with Gasteiger partial charge in [-0.1, -0.05) is 0 Å². The van der Waals surface area contributed by atoms with Crippen LogP contribution in [0.5, 0.6) is 0 Å². The molecule has 0 aromatic carbocycles. The van der Waals surface area contributed by atoms with E-state index in [1.165, 1.54) is 0 Å². The van der Waals surface area contributed by atoms with E-state index in [2.05, 4.69) is 0 Å². The molecular formula is C4H8N2O. The lowest BCUT2D eigenvalue weighted by atomic mass is 10.2. The molecule has 7 heavy (non-hydrogen) atoms. The molecule has 0 saturated heterocycles. The first kappa shape index (κ1) is 6.41. The number of hydrogen-bond acceptors (Lipinski definition) is 3. The van der Waals surface area contributed by atoms with Crippen LogP contribution in [0.2, 0.25) is 0 Å². The summed E-state index contributed by atoms with van der Waals surface area (Å²) < 4.78 is 0. The summed E-state index contributed by atoms with van der Waals surface area (Å²) in [5.74, 6) is 0. The SMILES string of the molecule is C[C@H](N)C(O)C#N. The average molecular weight is 100 g/mol. The number of hydrogen-bond donors (Lipinski definition) is 2. The molecule has 0 heterocycles. The average Bonchev–Trinajstić information content (AvgIpc) is 1.65. The Morgan fingerprint density at radius 2 is 2.29 bits per heavy atom. The molecule has 0 amide bonds. The molecule has 3 heteroatoms. The van der Waals surface area contributed by atoms with E-state index in [1.807, 2.05) is 0 Å². The Hall–Kier alpha value is -0.590. The smallest absolute Gasteiger partial charge is 0.155 e. The van der Waals surface area contributed by atoms with Gasteiger partial charge >= 0.3 is 0 Å². The highest BCUT2D eigenvalue weighted by Crippen LogP contribution is 1.82. The van der Waals surface area contributed by atoms with E-state index in [9.17, 15) is 0 Å². The van der Waals surface area contributed by atoms with E-state index in [-0.39, 0.29) is 0 Å². The van der Waals surface area contributed by atoms with Crippen LogP contribution in [0.15, 0.2) is 0 Å². The van der Waals surface area contributed by atoms with Gasteiger partial charge in [-0.3, -0.25) is 0 Å². The Morgan fingerprint density at radius 3 is 2.29 bits per heavy atom. The maximum absolute atomic E-state index is 8.45. The lowest BCUT2D eigenvalue weighted by Gasteiger charge is -2.02. The predicted molar refractivity (Wildman–Crippen MR) is 25.3 cm³/mol. The van der Waals surface area contributed by atoms with E-state index in [1.54, 1.807) is 13.0 Å². The zero-order valence-corrected chi connectivity index (χ0v) is 4.13. The molecule has 0 rings (SSSR count). The van der Waals surface area contributed by atoms with Gasteiger partial charge in [0.05, 0.1) is 6.07 Å². The number of aliphatic hydroxyl groups is 1. The van der Waals surface area contributed by atoms with E-state index in [4.69, 9.17) is 16.1 Å². The van der Waals surface area contributed by atoms with Crippen LogP contribution in [0.4, 0.5) is 0 Å². The van der Waals surface area contributed by atoms with Gasteiger partial charge < -0.3 is 10.8 Å². The second kappa shape index (κ2) is 2.56. The van der Waals surface area contributed by atoms with E-state index < -0.39 is 12.1 Å². The van der Waals surface area contributed by atoms with Crippen LogP contribution in [0.25, 0.3) is 0 Å². The second-order valence-electron chi connectivity index (χ2n) is 1.43. The third-order valence-corrected chi connectivity index (χ3v) is 0.630. The van der Waals surface area contributed by atoms with Gasteiger partial charge in [0.15, 0.2) is 6.10 Å². The lowest BCUT2D eigenvalue weighted by molar-refractivity contribution is 0.205. The zero-order chi connectivity index (χ0) is 5.86. The van der Waals surface area contributed by atoms with Crippen molar-refractivity contribution in [1.82, 2.24) is 0 Å². The molecule has 0 fully saturated rings. The highest BCUT2D eigenvalue weighted by atomic mass is 16.3. The van der Waals surface area contributed by atoms with Crippen molar-refractivity contribution in [2.24, 2.45) is 5.73 Å². The molecule has 1 unspecified atom stereocenters. The fraction of sp³-hybridized carbons (Fsp3) is 0.750. The molecule has 0 spiro atoms. The van der Waals surface area contributed by atoms with Crippen LogP contribution in [-0.2, 0) is 0 Å². The van der Waals surface area contributed by atoms with Crippen molar-refractivity contribution in [3.8, 4) is 6.07 Å². The van der Waals surface area contributed by atoms with Crippen molar-refractivity contribution in [2.75, 3.05) is 0 Å². The van der Waals surface area contributed by atoms with Crippen molar-refractivity contribution in [1.29, 1.82) is 5.26 Å². The minimum absolute atomic E-state index is 0.440. The number of rotatable bonds is 1. The summed E-state index contributed by atoms with van der Waals surface area (Å²) in [5, 5.41) is 16.4. The Bertz CT molecular complexity index is 84.2. The zero-order valence-electron chi connectivity index (χ0n) is 4.13. The number of nitrogens with zero attached hydrogens (tertiary/aromatic N) is 1. The molecule has 2 atom stereocenters. The Morgan fingerprint density at radius 1 is 1.86 bits per heavy atom. The molecule has 0 aliphatic carbocycles. The van der Waals surface area contributed by atoms with Crippen molar-refractivity contribution in [2.45, 2.75) is 19.1 Å². The fourth-order valence-corrected chi connectivity index (χ4v) is 0.118. The van der Waals surface area contributed by atoms with Crippen LogP contribution in [0.3, 0.4) is 0 Å². The van der Waals surface area contributed by atoms with Crippen molar-refractivity contribution < 1.29 is 5.11 Å². The molecule has 0 aromatic heterocycles. The van der Waals surface area contributed by atoms with Crippen LogP contribution in [0, 0.1) is 11.3 Å². The fourth-order valence-electron chi connectivity index (χ4n) is 0.118. The molecule has 0 saturated carbocycles. The summed E-state index contributed by atoms with van der Waals surface area (Å²) in [6.07, 6.45) is -1.01. The van der Waals surface area contributed by atoms with Crippen molar-refractivity contribution in [3.05, 3.63) is 0 Å². The van der Waals surface area contributed by atoms with Crippen LogP contribution < -0.4 is 5.73 Å². The first-order chi connectivity index (χ1) is 3.18. The van der Waals surface area contributed by atoms with Crippen LogP contribution in [-0.4, -0.2) is 17.3 Å². The molecule has 3 nitrogen and oxygen atoms in total. The largest absolute Gasteiger partial charge is 0.376 e. The maximum atomic E-state index is 8.45. The van der Waals surface area contributed by atoms with Gasteiger partial charge in [0, 0.05) is 6.04 Å². The molecule has 40 valence electrons. The summed E-state index contributed by atoms with van der Waals surface area (Å²) >= 11 is 0. The molecule has 0 aliphatic rings. The van der Waals surface area contributed by atoms with Crippen molar-refractivity contribution >= 4 is 0 Å². The normalized spacial score (nSPS) is 17.4. The molecule has 3 N–H and O–H groups in total. The van der Waals surface area contributed by atoms with Gasteiger partial charge in [0.2, 0.25) is 0 Å². The molecule has 0 aliphatic heterocycles. The van der Waals surface area contributed by atoms with Crippen molar-refractivity contribution in [3.63, 3.8) is 0 Å². The molecule has 0 radical (unpaired) electrons. The Balaban J connectivity index is 3.40. The van der Waals surface area contributed by atoms with Gasteiger partial charge in [-0.2, -0.15) is 5.26 Å². The van der Waals surface area contributed by atoms with E-state index in [0.717, 1.165) is 0 Å². The quantitative estimate of drug-likeness (QED) is 0.424. The Labute approximate surface area is 42.4 Å². The third kappa shape index (κ3) is 2.15. The summed E-state index contributed by atoms with van der Waals surface area (Å²) in [6, 6.07) is 1.16. The van der Waals surface area contributed by atoms with Gasteiger partial charge in [0.1, 0.15) is 0 Å². The van der Waals surface area contributed by atoms with Crippen LogP contribution in [0.1, 0.15) is 6.92 Å². The topological polar surface area (TPSA) is 70.0 Å². The molecular weight excluding hydrogens is 92.1 g/mol. The minimum atomic E-state index is -1.01. The number of aliphatic hydroxyl groups excluding tert-OH is 1. The third-order valence-electron chi connectivity index (χ3n) is 0.630. The van der Waals surface area contributed by atoms with Gasteiger partial charge in [-0.05, 0) is 6.92 Å². The highest BCUT2D eigenvalue weighted by Gasteiger charge is 2.04. The summed E-state index contributed by atoms with van der Waals surface area (Å²) in [4.78, 5) is 0. The summed E-state index contributed by atoms with van der Waals surface area (Å²) in [6.45, 7) is 1.58. The van der Waals surface area contributed by atoms with Gasteiger partial charge in [-0.25, -0.2) is 0 Å².